The minimum absolute atomic E-state index is 0.0685. The van der Waals surface area contributed by atoms with E-state index in [-0.39, 0.29) is 12.0 Å². The third-order valence-corrected chi connectivity index (χ3v) is 3.72. The molecule has 0 aromatic carbocycles. The molecule has 1 aliphatic rings. The molecular formula is C12H15Cl2N3O2. The summed E-state index contributed by atoms with van der Waals surface area (Å²) in [5, 5.41) is 8.11. The summed E-state index contributed by atoms with van der Waals surface area (Å²) in [7, 11) is 1.40. The number of nitrogens with zero attached hydrogens (tertiary/aromatic N) is 3. The van der Waals surface area contributed by atoms with E-state index in [9.17, 15) is 4.79 Å². The second-order valence-electron chi connectivity index (χ2n) is 4.47. The summed E-state index contributed by atoms with van der Waals surface area (Å²) in [5.74, 6) is -0.221. The van der Waals surface area contributed by atoms with Crippen molar-refractivity contribution in [3.63, 3.8) is 0 Å². The molecule has 2 heterocycles. The molecule has 7 heteroatoms. The van der Waals surface area contributed by atoms with Gasteiger partial charge in [0.1, 0.15) is 0 Å². The summed E-state index contributed by atoms with van der Waals surface area (Å²) in [6.07, 6.45) is 3.40. The zero-order chi connectivity index (χ0) is 13.8. The minimum Gasteiger partial charge on any atom is -0.469 e. The molecular weight excluding hydrogens is 289 g/mol. The summed E-state index contributed by atoms with van der Waals surface area (Å²) < 4.78 is 4.74. The first-order valence-electron chi connectivity index (χ1n) is 6.14. The van der Waals surface area contributed by atoms with Crippen molar-refractivity contribution < 1.29 is 9.53 Å². The normalized spacial score (nSPS) is 19.3. The van der Waals surface area contributed by atoms with Gasteiger partial charge in [-0.3, -0.25) is 4.79 Å². The molecule has 1 aromatic heterocycles. The molecule has 5 nitrogen and oxygen atoms in total. The van der Waals surface area contributed by atoms with Crippen molar-refractivity contribution in [1.82, 2.24) is 10.2 Å². The number of esters is 1. The van der Waals surface area contributed by atoms with Gasteiger partial charge in [-0.05, 0) is 19.3 Å². The minimum atomic E-state index is -0.221. The zero-order valence-electron chi connectivity index (χ0n) is 10.6. The topological polar surface area (TPSA) is 55.3 Å². The fourth-order valence-electron chi connectivity index (χ4n) is 2.35. The van der Waals surface area contributed by atoms with Crippen LogP contribution in [0.15, 0.2) is 6.07 Å². The Morgan fingerprint density at radius 2 is 2.26 bits per heavy atom. The fraction of sp³-hybridized carbons (Fsp3) is 0.583. The smallest absolute Gasteiger partial charge is 0.307 e. The molecule has 1 unspecified atom stereocenters. The van der Waals surface area contributed by atoms with Crippen LogP contribution in [0.5, 0.6) is 0 Å². The summed E-state index contributed by atoms with van der Waals surface area (Å²) in [6.45, 7) is 0.823. The highest BCUT2D eigenvalue weighted by molar-refractivity contribution is 6.33. The standard InChI is InChI=1S/C12H15Cl2N3O2/c1-19-11(18)6-8-4-2-3-5-17(8)9-7-10(13)15-16-12(9)14/h7-8H,2-6H2,1H3. The zero-order valence-corrected chi connectivity index (χ0v) is 12.1. The molecule has 19 heavy (non-hydrogen) atoms. The van der Waals surface area contributed by atoms with Gasteiger partial charge >= 0.3 is 5.97 Å². The van der Waals surface area contributed by atoms with Gasteiger partial charge in [-0.15, -0.1) is 10.2 Å². The molecule has 1 fully saturated rings. The Kier molecular flexibility index (Phi) is 4.82. The molecule has 1 atom stereocenters. The third kappa shape index (κ3) is 3.48. The average molecular weight is 304 g/mol. The molecule has 0 spiro atoms. The van der Waals surface area contributed by atoms with Gasteiger partial charge < -0.3 is 9.64 Å². The lowest BCUT2D eigenvalue weighted by molar-refractivity contribution is -0.141. The number of piperidine rings is 1. The maximum Gasteiger partial charge on any atom is 0.307 e. The highest BCUT2D eigenvalue weighted by Gasteiger charge is 2.27. The van der Waals surface area contributed by atoms with Gasteiger partial charge in [-0.25, -0.2) is 0 Å². The second kappa shape index (κ2) is 6.39. The van der Waals surface area contributed by atoms with Gasteiger partial charge in [0.05, 0.1) is 19.2 Å². The SMILES string of the molecule is COC(=O)CC1CCCCN1c1cc(Cl)nnc1Cl. The summed E-state index contributed by atoms with van der Waals surface area (Å²) in [5.41, 5.74) is 0.732. The first-order valence-corrected chi connectivity index (χ1v) is 6.89. The van der Waals surface area contributed by atoms with Crippen molar-refractivity contribution in [2.45, 2.75) is 31.7 Å². The van der Waals surface area contributed by atoms with Crippen molar-refractivity contribution in [2.75, 3.05) is 18.6 Å². The molecule has 0 radical (unpaired) electrons. The van der Waals surface area contributed by atoms with Gasteiger partial charge in [-0.1, -0.05) is 23.2 Å². The monoisotopic (exact) mass is 303 g/mol. The molecule has 0 saturated carbocycles. The van der Waals surface area contributed by atoms with Crippen molar-refractivity contribution in [2.24, 2.45) is 0 Å². The van der Waals surface area contributed by atoms with E-state index >= 15 is 0 Å². The lowest BCUT2D eigenvalue weighted by Gasteiger charge is -2.37. The second-order valence-corrected chi connectivity index (χ2v) is 5.21. The Hall–Kier alpha value is -1.07. The van der Waals surface area contributed by atoms with Crippen LogP contribution in [0.4, 0.5) is 5.69 Å². The highest BCUT2D eigenvalue weighted by Crippen LogP contribution is 2.32. The number of hydrogen-bond donors (Lipinski definition) is 0. The number of carbonyl (C=O) groups excluding carboxylic acids is 1. The molecule has 2 rings (SSSR count). The van der Waals surface area contributed by atoms with Crippen molar-refractivity contribution >= 4 is 34.9 Å². The van der Waals surface area contributed by atoms with Crippen LogP contribution in [0.25, 0.3) is 0 Å². The van der Waals surface area contributed by atoms with Crippen molar-refractivity contribution in [3.05, 3.63) is 16.4 Å². The van der Waals surface area contributed by atoms with Crippen molar-refractivity contribution in [3.8, 4) is 0 Å². The predicted octanol–water partition coefficient (Wildman–Crippen LogP) is 2.71. The Balaban J connectivity index is 2.23. The summed E-state index contributed by atoms with van der Waals surface area (Å²) >= 11 is 11.9. The van der Waals surface area contributed by atoms with Crippen LogP contribution in [0, 0.1) is 0 Å². The first kappa shape index (κ1) is 14.3. The predicted molar refractivity (Wildman–Crippen MR) is 73.7 cm³/mol. The largest absolute Gasteiger partial charge is 0.469 e. The molecule has 0 amide bonds. The number of rotatable bonds is 3. The molecule has 0 aliphatic carbocycles. The molecule has 0 bridgehead atoms. The van der Waals surface area contributed by atoms with E-state index in [2.05, 4.69) is 15.1 Å². The maximum atomic E-state index is 11.5. The van der Waals surface area contributed by atoms with Gasteiger partial charge in [0.15, 0.2) is 10.3 Å². The number of methoxy groups -OCH3 is 1. The van der Waals surface area contributed by atoms with Crippen molar-refractivity contribution in [1.29, 1.82) is 0 Å². The van der Waals surface area contributed by atoms with Gasteiger partial charge in [0, 0.05) is 18.7 Å². The lowest BCUT2D eigenvalue weighted by Crippen LogP contribution is -2.41. The fourth-order valence-corrected chi connectivity index (χ4v) is 2.69. The summed E-state index contributed by atoms with van der Waals surface area (Å²) in [6, 6.07) is 1.76. The van der Waals surface area contributed by atoms with Crippen LogP contribution in [0.2, 0.25) is 10.3 Å². The molecule has 1 saturated heterocycles. The number of hydrogen-bond acceptors (Lipinski definition) is 5. The number of anilines is 1. The number of ether oxygens (including phenoxy) is 1. The highest BCUT2D eigenvalue weighted by atomic mass is 35.5. The van der Waals surface area contributed by atoms with Crippen LogP contribution in [0.1, 0.15) is 25.7 Å². The van der Waals surface area contributed by atoms with E-state index in [0.29, 0.717) is 16.7 Å². The van der Waals surface area contributed by atoms with E-state index in [1.54, 1.807) is 6.07 Å². The van der Waals surface area contributed by atoms with Gasteiger partial charge in [0.2, 0.25) is 0 Å². The Morgan fingerprint density at radius 3 is 3.00 bits per heavy atom. The Morgan fingerprint density at radius 1 is 1.47 bits per heavy atom. The van der Waals surface area contributed by atoms with Crippen LogP contribution < -0.4 is 4.90 Å². The van der Waals surface area contributed by atoms with E-state index in [1.165, 1.54) is 7.11 Å². The van der Waals surface area contributed by atoms with Gasteiger partial charge in [-0.2, -0.15) is 0 Å². The van der Waals surface area contributed by atoms with Gasteiger partial charge in [0.25, 0.3) is 0 Å². The third-order valence-electron chi connectivity index (χ3n) is 3.27. The molecule has 1 aliphatic heterocycles. The number of halogens is 2. The Bertz CT molecular complexity index is 470. The van der Waals surface area contributed by atoms with Crippen LogP contribution in [-0.2, 0) is 9.53 Å². The molecule has 104 valence electrons. The van der Waals surface area contributed by atoms with E-state index in [4.69, 9.17) is 27.9 Å². The van der Waals surface area contributed by atoms with E-state index < -0.39 is 0 Å². The van der Waals surface area contributed by atoms with E-state index in [0.717, 1.165) is 31.5 Å². The number of carbonyl (C=O) groups is 1. The maximum absolute atomic E-state index is 11.5. The van der Waals surface area contributed by atoms with Crippen LogP contribution >= 0.6 is 23.2 Å². The lowest BCUT2D eigenvalue weighted by atomic mass is 9.99. The van der Waals surface area contributed by atoms with Crippen LogP contribution in [-0.4, -0.2) is 35.9 Å². The average Bonchev–Trinajstić information content (AvgIpc) is 2.42. The Labute approximate surface area is 121 Å². The summed E-state index contributed by atoms with van der Waals surface area (Å²) in [4.78, 5) is 13.5. The van der Waals surface area contributed by atoms with Crippen LogP contribution in [0.3, 0.4) is 0 Å². The quantitative estimate of drug-likeness (QED) is 0.804. The molecule has 1 aromatic rings. The number of aromatic nitrogens is 2. The molecule has 0 N–H and O–H groups in total. The first-order chi connectivity index (χ1) is 9.11. The van der Waals surface area contributed by atoms with E-state index in [1.807, 2.05) is 0 Å².